The first-order valence-electron chi connectivity index (χ1n) is 10.1. The van der Waals surface area contributed by atoms with Gasteiger partial charge in [0.2, 0.25) is 0 Å². The number of benzene rings is 1. The summed E-state index contributed by atoms with van der Waals surface area (Å²) in [6.45, 7) is 2.62. The van der Waals surface area contributed by atoms with Crippen molar-refractivity contribution < 1.29 is 4.79 Å². The summed E-state index contributed by atoms with van der Waals surface area (Å²) in [6.07, 6.45) is 8.16. The second kappa shape index (κ2) is 8.78. The Morgan fingerprint density at radius 3 is 2.39 bits per heavy atom. The average Bonchev–Trinajstić information content (AvgIpc) is 2.75. The van der Waals surface area contributed by atoms with Crippen LogP contribution in [0.1, 0.15) is 43.6 Å². The molecule has 1 saturated heterocycles. The topological polar surface area (TPSA) is 61.4 Å². The van der Waals surface area contributed by atoms with Crippen LogP contribution in [0.3, 0.4) is 0 Å². The van der Waals surface area contributed by atoms with Gasteiger partial charge in [0.1, 0.15) is 0 Å². The molecular formula is C21H26ClN5O. The Hall–Kier alpha value is -2.34. The van der Waals surface area contributed by atoms with Gasteiger partial charge in [-0.05, 0) is 42.5 Å². The fraction of sp³-hybridized carbons (Fsp3) is 0.476. The Bertz CT molecular complexity index is 799. The quantitative estimate of drug-likeness (QED) is 0.823. The monoisotopic (exact) mass is 399 g/mol. The Kier molecular flexibility index (Phi) is 5.95. The van der Waals surface area contributed by atoms with E-state index in [2.05, 4.69) is 32.5 Å². The Labute approximate surface area is 170 Å². The summed E-state index contributed by atoms with van der Waals surface area (Å²) in [5.41, 5.74) is 2.25. The van der Waals surface area contributed by atoms with Crippen molar-refractivity contribution in [2.45, 2.75) is 38.0 Å². The summed E-state index contributed by atoms with van der Waals surface area (Å²) in [5.74, 6) is 1.36. The zero-order valence-corrected chi connectivity index (χ0v) is 16.7. The molecule has 1 aliphatic heterocycles. The highest BCUT2D eigenvalue weighted by Crippen LogP contribution is 2.33. The molecule has 2 amide bonds. The number of halogens is 1. The Morgan fingerprint density at radius 2 is 1.71 bits per heavy atom. The number of piperazine rings is 1. The lowest BCUT2D eigenvalue weighted by atomic mass is 9.84. The van der Waals surface area contributed by atoms with Crippen LogP contribution < -0.4 is 10.2 Å². The van der Waals surface area contributed by atoms with Crippen molar-refractivity contribution in [3.05, 3.63) is 47.1 Å². The van der Waals surface area contributed by atoms with Gasteiger partial charge in [0.15, 0.2) is 5.82 Å². The van der Waals surface area contributed by atoms with Crippen LogP contribution in [0.2, 0.25) is 5.02 Å². The van der Waals surface area contributed by atoms with Gasteiger partial charge in [-0.25, -0.2) is 4.79 Å². The smallest absolute Gasteiger partial charge is 0.321 e. The highest BCUT2D eigenvalue weighted by molar-refractivity contribution is 6.32. The number of hydrogen-bond acceptors (Lipinski definition) is 4. The number of nitrogens with zero attached hydrogens (tertiary/aromatic N) is 4. The maximum Gasteiger partial charge on any atom is 0.321 e. The van der Waals surface area contributed by atoms with Gasteiger partial charge in [-0.15, -0.1) is 5.10 Å². The lowest BCUT2D eigenvalue weighted by Crippen LogP contribution is -2.50. The number of hydrogen-bond donors (Lipinski definition) is 1. The SMILES string of the molecule is O=C(Nc1ccc(C2CCCCC2)cc1)N1CCN(c2nnccc2Cl)CC1. The van der Waals surface area contributed by atoms with Gasteiger partial charge in [0, 0.05) is 31.9 Å². The van der Waals surface area contributed by atoms with E-state index in [4.69, 9.17) is 11.6 Å². The van der Waals surface area contributed by atoms with Gasteiger partial charge >= 0.3 is 6.03 Å². The largest absolute Gasteiger partial charge is 0.350 e. The zero-order valence-electron chi connectivity index (χ0n) is 16.0. The summed E-state index contributed by atoms with van der Waals surface area (Å²) in [6, 6.07) is 10.1. The maximum absolute atomic E-state index is 12.6. The van der Waals surface area contributed by atoms with E-state index < -0.39 is 0 Å². The molecule has 1 saturated carbocycles. The fourth-order valence-corrected chi connectivity index (χ4v) is 4.34. The molecule has 7 heteroatoms. The second-order valence-corrected chi connectivity index (χ2v) is 7.97. The van der Waals surface area contributed by atoms with Gasteiger partial charge in [-0.2, -0.15) is 5.10 Å². The minimum absolute atomic E-state index is 0.0599. The molecule has 1 aromatic carbocycles. The zero-order chi connectivity index (χ0) is 19.3. The molecule has 2 aliphatic rings. The number of carbonyl (C=O) groups excluding carboxylic acids is 1. The lowest BCUT2D eigenvalue weighted by Gasteiger charge is -2.35. The van der Waals surface area contributed by atoms with Crippen molar-refractivity contribution in [2.75, 3.05) is 36.4 Å². The summed E-state index contributed by atoms with van der Waals surface area (Å²) >= 11 is 6.20. The van der Waals surface area contributed by atoms with Crippen molar-refractivity contribution in [3.8, 4) is 0 Å². The van der Waals surface area contributed by atoms with Crippen molar-refractivity contribution in [1.29, 1.82) is 0 Å². The molecule has 0 radical (unpaired) electrons. The molecule has 1 aliphatic carbocycles. The number of anilines is 2. The predicted octanol–water partition coefficient (Wildman–Crippen LogP) is 4.53. The molecule has 2 aromatic rings. The molecule has 28 heavy (non-hydrogen) atoms. The van der Waals surface area contributed by atoms with Crippen molar-refractivity contribution in [1.82, 2.24) is 15.1 Å². The molecular weight excluding hydrogens is 374 g/mol. The summed E-state index contributed by atoms with van der Waals surface area (Å²) in [5, 5.41) is 11.6. The van der Waals surface area contributed by atoms with Gasteiger partial charge in [0.05, 0.1) is 11.2 Å². The molecule has 1 aromatic heterocycles. The van der Waals surface area contributed by atoms with Crippen LogP contribution in [0, 0.1) is 0 Å². The van der Waals surface area contributed by atoms with Gasteiger partial charge in [-0.1, -0.05) is 43.0 Å². The molecule has 0 unspecified atom stereocenters. The van der Waals surface area contributed by atoms with Crippen LogP contribution in [0.25, 0.3) is 0 Å². The third kappa shape index (κ3) is 4.38. The Morgan fingerprint density at radius 1 is 1.00 bits per heavy atom. The van der Waals surface area contributed by atoms with Gasteiger partial charge in [0.25, 0.3) is 0 Å². The van der Waals surface area contributed by atoms with E-state index in [0.717, 1.165) is 5.69 Å². The van der Waals surface area contributed by atoms with E-state index in [1.54, 1.807) is 12.3 Å². The van der Waals surface area contributed by atoms with E-state index in [0.29, 0.717) is 42.9 Å². The lowest BCUT2D eigenvalue weighted by molar-refractivity contribution is 0.208. The van der Waals surface area contributed by atoms with Crippen LogP contribution >= 0.6 is 11.6 Å². The number of carbonyl (C=O) groups is 1. The first kappa shape index (κ1) is 19.0. The maximum atomic E-state index is 12.6. The number of aromatic nitrogens is 2. The first-order chi connectivity index (χ1) is 13.7. The minimum atomic E-state index is -0.0599. The van der Waals surface area contributed by atoms with Gasteiger partial charge < -0.3 is 15.1 Å². The standard InChI is InChI=1S/C21H26ClN5O/c22-19-10-11-23-25-20(19)26-12-14-27(15-13-26)21(28)24-18-8-6-17(7-9-18)16-4-2-1-3-5-16/h6-11,16H,1-5,12-15H2,(H,24,28). The highest BCUT2D eigenvalue weighted by atomic mass is 35.5. The fourth-order valence-electron chi connectivity index (χ4n) is 4.12. The number of amides is 2. The number of nitrogens with one attached hydrogen (secondary N) is 1. The number of urea groups is 1. The van der Waals surface area contributed by atoms with E-state index in [1.807, 2.05) is 17.0 Å². The first-order valence-corrected chi connectivity index (χ1v) is 10.5. The second-order valence-electron chi connectivity index (χ2n) is 7.56. The predicted molar refractivity (Wildman–Crippen MR) is 112 cm³/mol. The van der Waals surface area contributed by atoms with Crippen LogP contribution in [0.4, 0.5) is 16.3 Å². The molecule has 4 rings (SSSR count). The van der Waals surface area contributed by atoms with E-state index >= 15 is 0 Å². The highest BCUT2D eigenvalue weighted by Gasteiger charge is 2.23. The molecule has 1 N–H and O–H groups in total. The van der Waals surface area contributed by atoms with Crippen LogP contribution in [0.5, 0.6) is 0 Å². The molecule has 148 valence electrons. The van der Waals surface area contributed by atoms with Crippen LogP contribution in [-0.2, 0) is 0 Å². The van der Waals surface area contributed by atoms with E-state index in [9.17, 15) is 4.79 Å². The number of rotatable bonds is 3. The Balaban J connectivity index is 1.30. The molecule has 0 bridgehead atoms. The van der Waals surface area contributed by atoms with Crippen molar-refractivity contribution >= 4 is 29.1 Å². The minimum Gasteiger partial charge on any atom is -0.350 e. The summed E-state index contributed by atoms with van der Waals surface area (Å²) in [4.78, 5) is 16.5. The molecule has 2 fully saturated rings. The molecule has 0 atom stereocenters. The van der Waals surface area contributed by atoms with E-state index in [-0.39, 0.29) is 6.03 Å². The summed E-state index contributed by atoms with van der Waals surface area (Å²) < 4.78 is 0. The third-order valence-electron chi connectivity index (χ3n) is 5.76. The molecule has 0 spiro atoms. The van der Waals surface area contributed by atoms with Crippen LogP contribution in [-0.4, -0.2) is 47.3 Å². The summed E-state index contributed by atoms with van der Waals surface area (Å²) in [7, 11) is 0. The average molecular weight is 400 g/mol. The van der Waals surface area contributed by atoms with Crippen LogP contribution in [0.15, 0.2) is 36.5 Å². The third-order valence-corrected chi connectivity index (χ3v) is 6.05. The molecule has 6 nitrogen and oxygen atoms in total. The molecule has 2 heterocycles. The van der Waals surface area contributed by atoms with Crippen molar-refractivity contribution in [3.63, 3.8) is 0 Å². The van der Waals surface area contributed by atoms with Crippen molar-refractivity contribution in [2.24, 2.45) is 0 Å². The van der Waals surface area contributed by atoms with Gasteiger partial charge in [-0.3, -0.25) is 0 Å². The van der Waals surface area contributed by atoms with E-state index in [1.165, 1.54) is 37.7 Å². The normalized spacial score (nSPS) is 18.2.